The van der Waals surface area contributed by atoms with Crippen molar-refractivity contribution in [2.45, 2.75) is 52.1 Å². The number of nitrogen functional groups attached to an aromatic ring is 1. The highest BCUT2D eigenvalue weighted by Gasteiger charge is 2.18. The molecule has 0 saturated carbocycles. The van der Waals surface area contributed by atoms with Gasteiger partial charge in [-0.25, -0.2) is 14.8 Å². The number of nitrogens with zero attached hydrogens (tertiary/aromatic N) is 4. The van der Waals surface area contributed by atoms with E-state index in [4.69, 9.17) is 20.3 Å². The Kier molecular flexibility index (Phi) is 8.85. The molecule has 1 aromatic carbocycles. The quantitative estimate of drug-likeness (QED) is 0.281. The van der Waals surface area contributed by atoms with Crippen LogP contribution in [0.2, 0.25) is 0 Å². The van der Waals surface area contributed by atoms with Gasteiger partial charge in [-0.2, -0.15) is 4.98 Å². The molecule has 0 saturated heterocycles. The summed E-state index contributed by atoms with van der Waals surface area (Å²) in [5.41, 5.74) is 9.41. The molecule has 0 unspecified atom stereocenters. The summed E-state index contributed by atoms with van der Waals surface area (Å²) in [4.78, 5) is 23.6. The fourth-order valence-corrected chi connectivity index (χ4v) is 3.96. The lowest BCUT2D eigenvalue weighted by Gasteiger charge is -2.21. The van der Waals surface area contributed by atoms with Crippen molar-refractivity contribution >= 4 is 17.9 Å². The van der Waals surface area contributed by atoms with Gasteiger partial charge in [-0.15, -0.1) is 0 Å². The van der Waals surface area contributed by atoms with Crippen molar-refractivity contribution < 1.29 is 24.5 Å². The van der Waals surface area contributed by atoms with Crippen LogP contribution in [-0.4, -0.2) is 55.6 Å². The third kappa shape index (κ3) is 6.82. The number of benzene rings is 1. The number of nitrogens with two attached hydrogens (primary N) is 1. The molecule has 0 amide bonds. The molecule has 0 bridgehead atoms. The second-order valence-corrected chi connectivity index (χ2v) is 8.19. The van der Waals surface area contributed by atoms with Crippen LogP contribution in [0.4, 0.5) is 16.6 Å². The van der Waals surface area contributed by atoms with Crippen LogP contribution < -0.4 is 20.5 Å². The lowest BCUT2D eigenvalue weighted by Crippen LogP contribution is -2.23. The largest absolute Gasteiger partial charge is 0.512 e. The third-order valence-electron chi connectivity index (χ3n) is 5.62. The Morgan fingerprint density at radius 2 is 2.09 bits per heavy atom. The first-order valence-electron chi connectivity index (χ1n) is 11.4. The average Bonchev–Trinajstić information content (AvgIpc) is 3.22. The van der Waals surface area contributed by atoms with Crippen molar-refractivity contribution in [1.82, 2.24) is 19.5 Å². The molecule has 0 spiro atoms. The minimum atomic E-state index is -1.40. The van der Waals surface area contributed by atoms with Gasteiger partial charge in [0.1, 0.15) is 11.6 Å². The second kappa shape index (κ2) is 12.0. The van der Waals surface area contributed by atoms with Crippen molar-refractivity contribution in [3.05, 3.63) is 53.1 Å². The number of rotatable bonds is 12. The normalized spacial score (nSPS) is 11.8. The predicted octanol–water partition coefficient (Wildman–Crippen LogP) is 3.23. The number of aliphatic hydroxyl groups is 1. The molecule has 0 fully saturated rings. The first-order chi connectivity index (χ1) is 16.8. The lowest BCUT2D eigenvalue weighted by atomic mass is 10.0. The lowest BCUT2D eigenvalue weighted by molar-refractivity contribution is 0.140. The Bertz CT molecular complexity index is 1140. The Balaban J connectivity index is 1.87. The van der Waals surface area contributed by atoms with Gasteiger partial charge in [0.05, 0.1) is 26.2 Å². The fraction of sp³-hybridized carbons (Fsp3) is 0.417. The molecule has 2 heterocycles. The topological polar surface area (TPSA) is 158 Å². The molecule has 0 radical (unpaired) electrons. The maximum atomic E-state index is 10.9. The van der Waals surface area contributed by atoms with Crippen molar-refractivity contribution in [2.24, 2.45) is 0 Å². The van der Waals surface area contributed by atoms with Gasteiger partial charge < -0.3 is 30.7 Å². The first kappa shape index (κ1) is 25.8. The van der Waals surface area contributed by atoms with Gasteiger partial charge in [-0.1, -0.05) is 25.5 Å². The summed E-state index contributed by atoms with van der Waals surface area (Å²) >= 11 is 0. The van der Waals surface area contributed by atoms with Crippen LogP contribution in [0.15, 0.2) is 30.7 Å². The van der Waals surface area contributed by atoms with Crippen LogP contribution in [0.25, 0.3) is 0 Å². The molecule has 35 heavy (non-hydrogen) atoms. The molecular weight excluding hydrogens is 452 g/mol. The summed E-state index contributed by atoms with van der Waals surface area (Å²) in [5, 5.41) is 21.8. The van der Waals surface area contributed by atoms with E-state index in [2.05, 4.69) is 27.2 Å². The third-order valence-corrected chi connectivity index (χ3v) is 5.62. The molecule has 11 heteroatoms. The summed E-state index contributed by atoms with van der Waals surface area (Å²) in [6, 6.07) is 5.86. The van der Waals surface area contributed by atoms with Gasteiger partial charge in [0.2, 0.25) is 11.8 Å². The van der Waals surface area contributed by atoms with Gasteiger partial charge >= 0.3 is 6.16 Å². The number of aryl methyl sites for hydroxylation is 1. The molecule has 0 aliphatic heterocycles. The van der Waals surface area contributed by atoms with Crippen LogP contribution >= 0.6 is 0 Å². The minimum Gasteiger partial charge on any atom is -0.496 e. The van der Waals surface area contributed by atoms with E-state index in [1.165, 1.54) is 12.5 Å². The maximum absolute atomic E-state index is 10.9. The molecule has 5 N–H and O–H groups in total. The number of aliphatic hydroxyl groups excluding tert-OH is 1. The number of carbonyl (C=O) groups is 1. The van der Waals surface area contributed by atoms with Crippen LogP contribution in [0.5, 0.6) is 11.6 Å². The Morgan fingerprint density at radius 3 is 2.77 bits per heavy atom. The Morgan fingerprint density at radius 1 is 1.29 bits per heavy atom. The van der Waals surface area contributed by atoms with Crippen LogP contribution in [-0.2, 0) is 13.0 Å². The first-order valence-corrected chi connectivity index (χ1v) is 11.4. The number of ether oxygens (including phenoxy) is 2. The molecule has 0 aliphatic carbocycles. The molecule has 0 aliphatic rings. The number of carboxylic acid groups (broad SMARTS) is 1. The number of hydrogen-bond donors (Lipinski definition) is 4. The number of imidazole rings is 1. The van der Waals surface area contributed by atoms with Crippen molar-refractivity contribution in [1.29, 1.82) is 0 Å². The highest BCUT2D eigenvalue weighted by molar-refractivity contribution is 5.60. The van der Waals surface area contributed by atoms with Gasteiger partial charge in [-0.3, -0.25) is 4.57 Å². The maximum Gasteiger partial charge on any atom is 0.512 e. The summed E-state index contributed by atoms with van der Waals surface area (Å²) in [6.07, 6.45) is 4.43. The average molecular weight is 485 g/mol. The number of anilines is 2. The highest BCUT2D eigenvalue weighted by atomic mass is 16.7. The van der Waals surface area contributed by atoms with Gasteiger partial charge in [0.25, 0.3) is 0 Å². The smallest absolute Gasteiger partial charge is 0.496 e. The zero-order valence-electron chi connectivity index (χ0n) is 20.2. The molecule has 3 aromatic rings. The van der Waals surface area contributed by atoms with E-state index in [1.54, 1.807) is 11.7 Å². The molecule has 188 valence electrons. The fourth-order valence-electron chi connectivity index (χ4n) is 3.96. The zero-order chi connectivity index (χ0) is 25.4. The van der Waals surface area contributed by atoms with E-state index in [0.717, 1.165) is 35.2 Å². The highest BCUT2D eigenvalue weighted by Crippen LogP contribution is 2.29. The van der Waals surface area contributed by atoms with Crippen LogP contribution in [0, 0.1) is 6.92 Å². The van der Waals surface area contributed by atoms with Gasteiger partial charge in [0.15, 0.2) is 0 Å². The van der Waals surface area contributed by atoms with E-state index in [1.807, 2.05) is 25.1 Å². The van der Waals surface area contributed by atoms with Crippen LogP contribution in [0.1, 0.15) is 48.6 Å². The van der Waals surface area contributed by atoms with Gasteiger partial charge in [0, 0.05) is 30.3 Å². The Hall–Kier alpha value is -3.86. The van der Waals surface area contributed by atoms with Crippen molar-refractivity contribution in [3.63, 3.8) is 0 Å². The molecule has 1 atom stereocenters. The van der Waals surface area contributed by atoms with E-state index < -0.39 is 6.16 Å². The van der Waals surface area contributed by atoms with E-state index in [-0.39, 0.29) is 24.5 Å². The van der Waals surface area contributed by atoms with E-state index >= 15 is 0 Å². The SMILES string of the molecule is CCC[C@@H](CCO)Nc1nc(N)nc(C)c1Cc1ccc(Cn2cncc2OC(=O)O)cc1OC. The second-order valence-electron chi connectivity index (χ2n) is 8.19. The standard InChI is InChI=1S/C24H32N6O5/c1-4-5-18(8-9-31)28-22-19(15(2)27-23(25)29-22)11-17-7-6-16(10-20(17)34-3)13-30-14-26-12-21(30)35-24(32)33/h6-7,10,12,14,18,31H,4-5,8-9,11,13H2,1-3H3,(H,32,33)(H3,25,27,28,29)/t18-/m0/s1. The number of nitrogens with one attached hydrogen (secondary N) is 1. The summed E-state index contributed by atoms with van der Waals surface area (Å²) in [7, 11) is 1.60. The number of aromatic nitrogens is 4. The molecule has 2 aromatic heterocycles. The summed E-state index contributed by atoms with van der Waals surface area (Å²) < 4.78 is 12.0. The van der Waals surface area contributed by atoms with Gasteiger partial charge in [-0.05, 0) is 37.0 Å². The van der Waals surface area contributed by atoms with Crippen molar-refractivity contribution in [2.75, 3.05) is 24.8 Å². The number of methoxy groups -OCH3 is 1. The van der Waals surface area contributed by atoms with E-state index in [9.17, 15) is 9.90 Å². The molecular formula is C24H32N6O5. The number of hydrogen-bond acceptors (Lipinski definition) is 9. The zero-order valence-corrected chi connectivity index (χ0v) is 20.2. The van der Waals surface area contributed by atoms with E-state index in [0.29, 0.717) is 31.0 Å². The summed E-state index contributed by atoms with van der Waals surface area (Å²) in [6.45, 7) is 4.43. The Labute approximate surface area is 204 Å². The molecule has 3 rings (SSSR count). The monoisotopic (exact) mass is 484 g/mol. The van der Waals surface area contributed by atoms with Crippen LogP contribution in [0.3, 0.4) is 0 Å². The predicted molar refractivity (Wildman–Crippen MR) is 131 cm³/mol. The molecule has 11 nitrogen and oxygen atoms in total. The summed E-state index contributed by atoms with van der Waals surface area (Å²) in [5.74, 6) is 1.65. The van der Waals surface area contributed by atoms with Crippen molar-refractivity contribution in [3.8, 4) is 11.6 Å². The minimum absolute atomic E-state index is 0.0686.